The third-order valence-corrected chi connectivity index (χ3v) is 3.97. The highest BCUT2D eigenvalue weighted by Gasteiger charge is 2.22. The van der Waals surface area contributed by atoms with Crippen molar-refractivity contribution in [2.75, 3.05) is 26.1 Å². The molecular weight excluding hydrogens is 396 g/mol. The summed E-state index contributed by atoms with van der Waals surface area (Å²) >= 11 is 0. The molecule has 0 aliphatic carbocycles. The van der Waals surface area contributed by atoms with E-state index in [1.807, 2.05) is 0 Å². The quantitative estimate of drug-likeness (QED) is 0.354. The maximum atomic E-state index is 12.2. The largest absolute Gasteiger partial charge is 0.497 e. The third-order valence-electron chi connectivity index (χ3n) is 3.97. The molecule has 30 heavy (non-hydrogen) atoms. The molecule has 0 spiro atoms. The summed E-state index contributed by atoms with van der Waals surface area (Å²) in [5.41, 5.74) is -0.370. The number of hydrogen-bond donors (Lipinski definition) is 1. The van der Waals surface area contributed by atoms with E-state index >= 15 is 0 Å². The smallest absolute Gasteiger partial charge is 0.310 e. The van der Waals surface area contributed by atoms with Crippen LogP contribution in [0.3, 0.4) is 0 Å². The zero-order valence-electron chi connectivity index (χ0n) is 16.7. The maximum Gasteiger partial charge on any atom is 0.310 e. The van der Waals surface area contributed by atoms with Crippen LogP contribution in [-0.4, -0.2) is 43.7 Å². The molecule has 2 aromatic carbocycles. The Hall–Kier alpha value is -3.82. The summed E-state index contributed by atoms with van der Waals surface area (Å²) in [6, 6.07) is 10.8. The van der Waals surface area contributed by atoms with Gasteiger partial charge in [-0.2, -0.15) is 0 Å². The van der Waals surface area contributed by atoms with Gasteiger partial charge in [0.1, 0.15) is 22.9 Å². The first kappa shape index (κ1) is 22.5. The molecule has 0 aliphatic rings. The van der Waals surface area contributed by atoms with Gasteiger partial charge in [-0.1, -0.05) is 0 Å². The summed E-state index contributed by atoms with van der Waals surface area (Å²) in [6.07, 6.45) is -1.23. The van der Waals surface area contributed by atoms with Crippen molar-refractivity contribution in [3.05, 3.63) is 52.6 Å². The maximum absolute atomic E-state index is 12.2. The van der Waals surface area contributed by atoms with Gasteiger partial charge in [-0.25, -0.2) is 0 Å². The first-order valence-electron chi connectivity index (χ1n) is 8.93. The van der Waals surface area contributed by atoms with Crippen molar-refractivity contribution in [3.8, 4) is 17.2 Å². The monoisotopic (exact) mass is 418 g/mol. The fraction of sp³-hybridized carbons (Fsp3) is 0.300. The highest BCUT2D eigenvalue weighted by atomic mass is 16.6. The molecule has 160 valence electrons. The topological polar surface area (TPSA) is 126 Å². The van der Waals surface area contributed by atoms with Crippen LogP contribution < -0.4 is 19.5 Å². The van der Waals surface area contributed by atoms with Crippen LogP contribution in [0.25, 0.3) is 0 Å². The minimum absolute atomic E-state index is 0.0310. The van der Waals surface area contributed by atoms with Crippen LogP contribution >= 0.6 is 0 Å². The second-order valence-corrected chi connectivity index (χ2v) is 6.04. The molecule has 0 aliphatic heterocycles. The number of nitro groups is 1. The number of nitrogens with one attached hydrogen (secondary N) is 1. The van der Waals surface area contributed by atoms with E-state index in [-0.39, 0.29) is 30.2 Å². The van der Waals surface area contributed by atoms with Gasteiger partial charge in [0.2, 0.25) is 0 Å². The average molecular weight is 418 g/mol. The number of carbonyl (C=O) groups excluding carboxylic acids is 2. The highest BCUT2D eigenvalue weighted by Crippen LogP contribution is 2.29. The van der Waals surface area contributed by atoms with Crippen LogP contribution in [0, 0.1) is 10.1 Å². The van der Waals surface area contributed by atoms with Crippen molar-refractivity contribution in [2.45, 2.75) is 19.4 Å². The van der Waals surface area contributed by atoms with Crippen LogP contribution in [0.2, 0.25) is 0 Å². The normalized spacial score (nSPS) is 11.2. The Balaban J connectivity index is 1.84. The third kappa shape index (κ3) is 6.36. The number of nitrogens with zero attached hydrogens (tertiary/aromatic N) is 1. The number of amides is 1. The summed E-state index contributed by atoms with van der Waals surface area (Å²) in [6.45, 7) is 1.43. The van der Waals surface area contributed by atoms with E-state index in [0.29, 0.717) is 11.5 Å². The fourth-order valence-corrected chi connectivity index (χ4v) is 2.36. The number of esters is 1. The number of carbonyl (C=O) groups is 2. The van der Waals surface area contributed by atoms with E-state index in [1.165, 1.54) is 32.2 Å². The SMILES string of the molecule is COc1ccc(OCCC(=O)OC(C)C(=O)Nc2ccc(OC)cc2[N+](=O)[O-])cc1. The molecule has 1 N–H and O–H groups in total. The minimum Gasteiger partial charge on any atom is -0.497 e. The lowest BCUT2D eigenvalue weighted by molar-refractivity contribution is -0.384. The number of rotatable bonds is 10. The standard InChI is InChI=1S/C20H22N2O8/c1-13(20(24)21-17-9-8-16(28-3)12-18(17)22(25)26)30-19(23)10-11-29-15-6-4-14(27-2)5-7-15/h4-9,12-13H,10-11H2,1-3H3,(H,21,24). The summed E-state index contributed by atoms with van der Waals surface area (Å²) in [4.78, 5) is 34.7. The molecule has 0 radical (unpaired) electrons. The van der Waals surface area contributed by atoms with Gasteiger partial charge >= 0.3 is 5.97 Å². The molecule has 0 saturated heterocycles. The molecule has 2 aromatic rings. The van der Waals surface area contributed by atoms with Crippen molar-refractivity contribution in [1.82, 2.24) is 0 Å². The fourth-order valence-electron chi connectivity index (χ4n) is 2.36. The van der Waals surface area contributed by atoms with Gasteiger partial charge < -0.3 is 24.3 Å². The Labute approximate surface area is 172 Å². The number of benzene rings is 2. The Bertz CT molecular complexity index is 898. The van der Waals surface area contributed by atoms with E-state index in [1.54, 1.807) is 31.4 Å². The Morgan fingerprint density at radius 2 is 1.63 bits per heavy atom. The number of methoxy groups -OCH3 is 2. The number of hydrogen-bond acceptors (Lipinski definition) is 8. The van der Waals surface area contributed by atoms with Gasteiger partial charge in [-0.15, -0.1) is 0 Å². The van der Waals surface area contributed by atoms with E-state index < -0.39 is 22.9 Å². The minimum atomic E-state index is -1.15. The predicted octanol–water partition coefficient (Wildman–Crippen LogP) is 2.95. The zero-order chi connectivity index (χ0) is 22.1. The van der Waals surface area contributed by atoms with Gasteiger partial charge in [0.25, 0.3) is 11.6 Å². The van der Waals surface area contributed by atoms with Crippen LogP contribution in [-0.2, 0) is 14.3 Å². The van der Waals surface area contributed by atoms with Gasteiger partial charge in [0, 0.05) is 0 Å². The molecule has 0 fully saturated rings. The summed E-state index contributed by atoms with van der Waals surface area (Å²) in [5.74, 6) is 0.166. The van der Waals surface area contributed by atoms with E-state index in [4.69, 9.17) is 18.9 Å². The predicted molar refractivity (Wildman–Crippen MR) is 107 cm³/mol. The van der Waals surface area contributed by atoms with Crippen LogP contribution in [0.4, 0.5) is 11.4 Å². The van der Waals surface area contributed by atoms with Crippen molar-refractivity contribution in [3.63, 3.8) is 0 Å². The van der Waals surface area contributed by atoms with E-state index in [2.05, 4.69) is 5.32 Å². The first-order valence-corrected chi connectivity index (χ1v) is 8.93. The molecule has 1 amide bonds. The molecule has 0 aromatic heterocycles. The number of ether oxygens (including phenoxy) is 4. The van der Waals surface area contributed by atoms with Gasteiger partial charge in [-0.05, 0) is 43.3 Å². The second-order valence-electron chi connectivity index (χ2n) is 6.04. The Morgan fingerprint density at radius 3 is 2.23 bits per heavy atom. The van der Waals surface area contributed by atoms with Gasteiger partial charge in [-0.3, -0.25) is 19.7 Å². The van der Waals surface area contributed by atoms with E-state index in [0.717, 1.165) is 0 Å². The van der Waals surface area contributed by atoms with Crippen molar-refractivity contribution < 1.29 is 33.5 Å². The van der Waals surface area contributed by atoms with Gasteiger partial charge in [0.15, 0.2) is 6.10 Å². The van der Waals surface area contributed by atoms with E-state index in [9.17, 15) is 19.7 Å². The summed E-state index contributed by atoms with van der Waals surface area (Å²) in [5, 5.41) is 13.6. The second kappa shape index (κ2) is 10.6. The zero-order valence-corrected chi connectivity index (χ0v) is 16.7. The molecule has 10 nitrogen and oxygen atoms in total. The van der Waals surface area contributed by atoms with Gasteiger partial charge in [0.05, 0.1) is 38.2 Å². The van der Waals surface area contributed by atoms with Crippen LogP contribution in [0.15, 0.2) is 42.5 Å². The lowest BCUT2D eigenvalue weighted by Gasteiger charge is -2.14. The van der Waals surface area contributed by atoms with Crippen molar-refractivity contribution >= 4 is 23.3 Å². The van der Waals surface area contributed by atoms with Crippen molar-refractivity contribution in [2.24, 2.45) is 0 Å². The average Bonchev–Trinajstić information content (AvgIpc) is 2.74. The summed E-state index contributed by atoms with van der Waals surface area (Å²) in [7, 11) is 2.92. The lowest BCUT2D eigenvalue weighted by Crippen LogP contribution is -2.30. The molecule has 0 bridgehead atoms. The van der Waals surface area contributed by atoms with Crippen LogP contribution in [0.1, 0.15) is 13.3 Å². The Morgan fingerprint density at radius 1 is 1.03 bits per heavy atom. The molecular formula is C20H22N2O8. The molecule has 10 heteroatoms. The molecule has 0 heterocycles. The highest BCUT2D eigenvalue weighted by molar-refractivity contribution is 5.97. The van der Waals surface area contributed by atoms with Crippen LogP contribution in [0.5, 0.6) is 17.2 Å². The Kier molecular flexibility index (Phi) is 7.98. The first-order chi connectivity index (χ1) is 14.3. The number of anilines is 1. The summed E-state index contributed by atoms with van der Waals surface area (Å²) < 4.78 is 20.5. The molecule has 2 rings (SSSR count). The lowest BCUT2D eigenvalue weighted by atomic mass is 10.2. The molecule has 1 unspecified atom stereocenters. The molecule has 1 atom stereocenters. The van der Waals surface area contributed by atoms with Crippen molar-refractivity contribution in [1.29, 1.82) is 0 Å². The number of nitro benzene ring substituents is 1. The molecule has 0 saturated carbocycles.